The van der Waals surface area contributed by atoms with Crippen LogP contribution in [0.4, 0.5) is 5.82 Å². The van der Waals surface area contributed by atoms with Gasteiger partial charge in [-0.2, -0.15) is 0 Å². The van der Waals surface area contributed by atoms with Crippen LogP contribution in [0.25, 0.3) is 0 Å². The Kier molecular flexibility index (Phi) is 4.73. The van der Waals surface area contributed by atoms with Crippen molar-refractivity contribution in [1.82, 2.24) is 4.98 Å². The molecule has 1 heterocycles. The molecule has 0 amide bonds. The normalized spacial score (nSPS) is 11.5. The number of hydrogen-bond acceptors (Lipinski definition) is 5. The molecule has 1 aromatic heterocycles. The van der Waals surface area contributed by atoms with Gasteiger partial charge in [0.2, 0.25) is 0 Å². The summed E-state index contributed by atoms with van der Waals surface area (Å²) in [4.78, 5) is 5.78. The van der Waals surface area contributed by atoms with E-state index in [1.54, 1.807) is 18.0 Å². The van der Waals surface area contributed by atoms with Gasteiger partial charge < -0.3 is 10.0 Å². The van der Waals surface area contributed by atoms with Gasteiger partial charge in [-0.3, -0.25) is 0 Å². The Labute approximate surface area is 106 Å². The second-order valence-corrected chi connectivity index (χ2v) is 6.51. The maximum absolute atomic E-state index is 11.0. The first-order chi connectivity index (χ1) is 7.83. The molecule has 0 atom stereocenters. The van der Waals surface area contributed by atoms with Gasteiger partial charge in [0, 0.05) is 31.6 Å². The average Bonchev–Trinajstić information content (AvgIpc) is 2.25. The number of halogens is 1. The summed E-state index contributed by atoms with van der Waals surface area (Å²) in [5, 5.41) is 9.45. The number of anilines is 1. The van der Waals surface area contributed by atoms with Gasteiger partial charge in [0.05, 0.1) is 17.4 Å². The molecule has 1 aromatic rings. The second-order valence-electron chi connectivity index (χ2n) is 3.84. The molecule has 5 nitrogen and oxygen atoms in total. The van der Waals surface area contributed by atoms with E-state index >= 15 is 0 Å². The third-order valence-electron chi connectivity index (χ3n) is 2.28. The Morgan fingerprint density at radius 2 is 2.18 bits per heavy atom. The highest BCUT2D eigenvalue weighted by Gasteiger charge is 2.09. The highest BCUT2D eigenvalue weighted by Crippen LogP contribution is 2.19. The number of rotatable bonds is 5. The molecule has 0 unspecified atom stereocenters. The largest absolute Gasteiger partial charge is 0.392 e. The highest BCUT2D eigenvalue weighted by molar-refractivity contribution is 7.90. The molecule has 0 bridgehead atoms. The van der Waals surface area contributed by atoms with Crippen molar-refractivity contribution < 1.29 is 13.5 Å². The molecule has 0 radical (unpaired) electrons. The van der Waals surface area contributed by atoms with E-state index in [0.29, 0.717) is 22.9 Å². The Balaban J connectivity index is 2.79. The van der Waals surface area contributed by atoms with Gasteiger partial charge in [0.15, 0.2) is 0 Å². The number of aliphatic hydroxyl groups excluding tert-OH is 1. The average molecular weight is 279 g/mol. The van der Waals surface area contributed by atoms with Crippen molar-refractivity contribution in [2.75, 3.05) is 30.5 Å². The van der Waals surface area contributed by atoms with Crippen LogP contribution in [0.5, 0.6) is 0 Å². The van der Waals surface area contributed by atoms with Gasteiger partial charge in [-0.05, 0) is 6.07 Å². The summed E-state index contributed by atoms with van der Waals surface area (Å²) in [6.07, 6.45) is 2.63. The van der Waals surface area contributed by atoms with E-state index in [0.717, 1.165) is 0 Å². The first-order valence-electron chi connectivity index (χ1n) is 4.97. The van der Waals surface area contributed by atoms with Crippen molar-refractivity contribution >= 4 is 27.3 Å². The fourth-order valence-corrected chi connectivity index (χ4v) is 1.98. The summed E-state index contributed by atoms with van der Waals surface area (Å²) in [5.41, 5.74) is 0.572. The third-order valence-corrected chi connectivity index (χ3v) is 3.54. The summed E-state index contributed by atoms with van der Waals surface area (Å²) in [6.45, 7) is 0.173. The monoisotopic (exact) mass is 278 g/mol. The lowest BCUT2D eigenvalue weighted by Gasteiger charge is -2.18. The Morgan fingerprint density at radius 3 is 2.71 bits per heavy atom. The molecular formula is C10H15ClN2O3S. The second kappa shape index (κ2) is 5.66. The van der Waals surface area contributed by atoms with Crippen LogP contribution in [0.2, 0.25) is 5.02 Å². The molecule has 0 spiro atoms. The molecule has 1 N–H and O–H groups in total. The van der Waals surface area contributed by atoms with Crippen molar-refractivity contribution in [3.8, 4) is 0 Å². The van der Waals surface area contributed by atoms with Gasteiger partial charge >= 0.3 is 0 Å². The van der Waals surface area contributed by atoms with Crippen molar-refractivity contribution in [3.63, 3.8) is 0 Å². The first-order valence-corrected chi connectivity index (χ1v) is 7.41. The zero-order valence-electron chi connectivity index (χ0n) is 9.72. The molecule has 96 valence electrons. The van der Waals surface area contributed by atoms with Crippen molar-refractivity contribution in [2.45, 2.75) is 6.61 Å². The van der Waals surface area contributed by atoms with Gasteiger partial charge in [-0.15, -0.1) is 0 Å². The van der Waals surface area contributed by atoms with Crippen LogP contribution in [0.15, 0.2) is 12.3 Å². The molecular weight excluding hydrogens is 264 g/mol. The number of aliphatic hydroxyl groups is 1. The van der Waals surface area contributed by atoms with Crippen LogP contribution in [-0.2, 0) is 16.4 Å². The van der Waals surface area contributed by atoms with Crippen LogP contribution >= 0.6 is 11.6 Å². The third kappa shape index (κ3) is 4.49. The molecule has 0 saturated heterocycles. The minimum Gasteiger partial charge on any atom is -0.392 e. The first kappa shape index (κ1) is 14.2. The minimum atomic E-state index is -3.00. The smallest absolute Gasteiger partial charge is 0.149 e. The molecule has 0 aliphatic heterocycles. The number of aromatic nitrogens is 1. The summed E-state index contributed by atoms with van der Waals surface area (Å²) in [6, 6.07) is 1.64. The molecule has 17 heavy (non-hydrogen) atoms. The Morgan fingerprint density at radius 1 is 1.53 bits per heavy atom. The summed E-state index contributed by atoms with van der Waals surface area (Å²) >= 11 is 5.81. The molecule has 1 rings (SSSR count). The lowest BCUT2D eigenvalue weighted by molar-refractivity contribution is 0.282. The molecule has 0 fully saturated rings. The lowest BCUT2D eigenvalue weighted by atomic mass is 10.2. The van der Waals surface area contributed by atoms with Crippen molar-refractivity contribution in [2.24, 2.45) is 0 Å². The topological polar surface area (TPSA) is 70.5 Å². The van der Waals surface area contributed by atoms with Crippen LogP contribution < -0.4 is 4.90 Å². The standard InChI is InChI=1S/C10H15ClN2O3S/c1-13(3-4-17(2,15)16)10-5-8(7-14)9(11)6-12-10/h5-6,14H,3-4,7H2,1-2H3. The van der Waals surface area contributed by atoms with Gasteiger partial charge in [-0.25, -0.2) is 13.4 Å². The summed E-state index contributed by atoms with van der Waals surface area (Å²) in [7, 11) is -1.26. The SMILES string of the molecule is CN(CCS(C)(=O)=O)c1cc(CO)c(Cl)cn1. The molecule has 0 saturated carbocycles. The summed E-state index contributed by atoms with van der Waals surface area (Å²) in [5.74, 6) is 0.643. The van der Waals surface area contributed by atoms with Crippen LogP contribution in [-0.4, -0.2) is 44.1 Å². The predicted molar refractivity (Wildman–Crippen MR) is 68.2 cm³/mol. The van der Waals surface area contributed by atoms with Crippen LogP contribution in [0.1, 0.15) is 5.56 Å². The van der Waals surface area contributed by atoms with Gasteiger partial charge in [0.1, 0.15) is 15.7 Å². The maximum atomic E-state index is 11.0. The van der Waals surface area contributed by atoms with Crippen molar-refractivity contribution in [3.05, 3.63) is 22.8 Å². The molecule has 0 aliphatic carbocycles. The van der Waals surface area contributed by atoms with E-state index < -0.39 is 9.84 Å². The highest BCUT2D eigenvalue weighted by atomic mass is 35.5. The van der Waals surface area contributed by atoms with Crippen molar-refractivity contribution in [1.29, 1.82) is 0 Å². The van der Waals surface area contributed by atoms with Gasteiger partial charge in [-0.1, -0.05) is 11.6 Å². The van der Waals surface area contributed by atoms with E-state index in [9.17, 15) is 8.42 Å². The fraction of sp³-hybridized carbons (Fsp3) is 0.500. The zero-order valence-corrected chi connectivity index (χ0v) is 11.3. The van der Waals surface area contributed by atoms with Crippen LogP contribution in [0, 0.1) is 0 Å². The van der Waals surface area contributed by atoms with Crippen LogP contribution in [0.3, 0.4) is 0 Å². The molecule has 0 aromatic carbocycles. The number of hydrogen-bond donors (Lipinski definition) is 1. The Hall–Kier alpha value is -0.850. The number of pyridine rings is 1. The lowest BCUT2D eigenvalue weighted by Crippen LogP contribution is -2.25. The minimum absolute atomic E-state index is 0.0578. The zero-order chi connectivity index (χ0) is 13.1. The van der Waals surface area contributed by atoms with E-state index in [4.69, 9.17) is 16.7 Å². The quantitative estimate of drug-likeness (QED) is 0.859. The van der Waals surface area contributed by atoms with E-state index in [-0.39, 0.29) is 12.4 Å². The maximum Gasteiger partial charge on any atom is 0.149 e. The predicted octanol–water partition coefficient (Wildman–Crippen LogP) is 0.708. The van der Waals surface area contributed by atoms with E-state index in [2.05, 4.69) is 4.98 Å². The molecule has 0 aliphatic rings. The number of sulfone groups is 1. The van der Waals surface area contributed by atoms with E-state index in [1.807, 2.05) is 0 Å². The Bertz CT molecular complexity index is 490. The van der Waals surface area contributed by atoms with E-state index in [1.165, 1.54) is 12.5 Å². The molecule has 7 heteroatoms. The fourth-order valence-electron chi connectivity index (χ4n) is 1.21. The van der Waals surface area contributed by atoms with Gasteiger partial charge in [0.25, 0.3) is 0 Å². The number of nitrogens with zero attached hydrogens (tertiary/aromatic N) is 2. The summed E-state index contributed by atoms with van der Waals surface area (Å²) < 4.78 is 22.1.